The minimum Gasteiger partial charge on any atom is -0.337 e. The number of para-hydroxylation sites is 2. The van der Waals surface area contributed by atoms with Gasteiger partial charge in [-0.2, -0.15) is 0 Å². The minimum absolute atomic E-state index is 0.0682. The number of nitrogens with zero attached hydrogens (tertiary/aromatic N) is 3. The van der Waals surface area contributed by atoms with Gasteiger partial charge in [0.05, 0.1) is 11.0 Å². The molecule has 2 heterocycles. The standard InChI is InChI=1S/C22H26N4O/c1-25-15-13-18(16-25)21-24-19-11-5-6-12-20(19)26(21)22(27)23-14-7-10-17-8-3-2-4-9-17/h2-6,8-9,11-12,18H,7,10,13-16H2,1H3,(H,23,27). The van der Waals surface area contributed by atoms with Crippen LogP contribution in [-0.2, 0) is 6.42 Å². The van der Waals surface area contributed by atoms with Crippen molar-refractivity contribution in [1.82, 2.24) is 19.8 Å². The van der Waals surface area contributed by atoms with E-state index in [1.807, 2.05) is 30.3 Å². The van der Waals surface area contributed by atoms with E-state index >= 15 is 0 Å². The zero-order valence-electron chi connectivity index (χ0n) is 15.8. The van der Waals surface area contributed by atoms with Crippen LogP contribution in [-0.4, -0.2) is 47.2 Å². The summed E-state index contributed by atoms with van der Waals surface area (Å²) in [5, 5.41) is 3.09. The van der Waals surface area contributed by atoms with Gasteiger partial charge in [-0.05, 0) is 50.6 Å². The highest BCUT2D eigenvalue weighted by Gasteiger charge is 2.28. The maximum absolute atomic E-state index is 13.0. The van der Waals surface area contributed by atoms with Crippen LogP contribution in [0, 0.1) is 0 Å². The van der Waals surface area contributed by atoms with Gasteiger partial charge in [-0.25, -0.2) is 14.3 Å². The first kappa shape index (κ1) is 17.7. The summed E-state index contributed by atoms with van der Waals surface area (Å²) >= 11 is 0. The molecule has 5 nitrogen and oxygen atoms in total. The monoisotopic (exact) mass is 362 g/mol. The van der Waals surface area contributed by atoms with Crippen LogP contribution in [0.3, 0.4) is 0 Å². The number of hydrogen-bond acceptors (Lipinski definition) is 3. The van der Waals surface area contributed by atoms with Crippen LogP contribution in [0.15, 0.2) is 54.6 Å². The largest absolute Gasteiger partial charge is 0.337 e. The minimum atomic E-state index is -0.0682. The van der Waals surface area contributed by atoms with Gasteiger partial charge in [-0.1, -0.05) is 42.5 Å². The molecule has 1 aliphatic rings. The molecule has 27 heavy (non-hydrogen) atoms. The summed E-state index contributed by atoms with van der Waals surface area (Å²) in [5.74, 6) is 1.19. The summed E-state index contributed by atoms with van der Waals surface area (Å²) in [4.78, 5) is 20.1. The van der Waals surface area contributed by atoms with E-state index in [2.05, 4.69) is 41.5 Å². The van der Waals surface area contributed by atoms with Crippen molar-refractivity contribution in [2.24, 2.45) is 0 Å². The van der Waals surface area contributed by atoms with Crippen molar-refractivity contribution in [2.75, 3.05) is 26.7 Å². The molecule has 0 bridgehead atoms. The molecule has 1 amide bonds. The zero-order chi connectivity index (χ0) is 18.6. The molecule has 1 unspecified atom stereocenters. The summed E-state index contributed by atoms with van der Waals surface area (Å²) in [7, 11) is 2.12. The van der Waals surface area contributed by atoms with Gasteiger partial charge < -0.3 is 10.2 Å². The molecule has 1 aromatic heterocycles. The SMILES string of the molecule is CN1CCC(c2nc3ccccc3n2C(=O)NCCCc2ccccc2)C1. The summed E-state index contributed by atoms with van der Waals surface area (Å²) in [6, 6.07) is 18.2. The van der Waals surface area contributed by atoms with Crippen LogP contribution in [0.1, 0.15) is 30.1 Å². The maximum Gasteiger partial charge on any atom is 0.327 e. The molecule has 0 aliphatic carbocycles. The maximum atomic E-state index is 13.0. The summed E-state index contributed by atoms with van der Waals surface area (Å²) in [5.41, 5.74) is 3.08. The molecule has 5 heteroatoms. The van der Waals surface area contributed by atoms with Crippen LogP contribution in [0.2, 0.25) is 0 Å². The third-order valence-electron chi connectivity index (χ3n) is 5.31. The Balaban J connectivity index is 1.48. The lowest BCUT2D eigenvalue weighted by atomic mass is 10.1. The van der Waals surface area contributed by atoms with Gasteiger partial charge in [0.15, 0.2) is 0 Å². The first-order valence-electron chi connectivity index (χ1n) is 9.70. The lowest BCUT2D eigenvalue weighted by Gasteiger charge is -2.14. The third-order valence-corrected chi connectivity index (χ3v) is 5.31. The van der Waals surface area contributed by atoms with Gasteiger partial charge in [0.25, 0.3) is 0 Å². The molecule has 1 fully saturated rings. The van der Waals surface area contributed by atoms with Crippen molar-refractivity contribution in [3.63, 3.8) is 0 Å². The van der Waals surface area contributed by atoms with Crippen LogP contribution in [0.25, 0.3) is 11.0 Å². The second kappa shape index (κ2) is 7.92. The Hall–Kier alpha value is -2.66. The van der Waals surface area contributed by atoms with Crippen LogP contribution >= 0.6 is 0 Å². The molecule has 1 N–H and O–H groups in total. The average molecular weight is 362 g/mol. The molecule has 0 saturated carbocycles. The van der Waals surface area contributed by atoms with E-state index in [-0.39, 0.29) is 6.03 Å². The highest BCUT2D eigenvalue weighted by molar-refractivity contribution is 5.90. The number of amides is 1. The number of likely N-dealkylation sites (N-methyl/N-ethyl adjacent to an activating group) is 1. The first-order chi connectivity index (χ1) is 13.2. The Bertz CT molecular complexity index is 918. The number of benzene rings is 2. The number of imidazole rings is 1. The predicted molar refractivity (Wildman–Crippen MR) is 108 cm³/mol. The molecule has 1 saturated heterocycles. The predicted octanol–water partition coefficient (Wildman–Crippen LogP) is 3.65. The van der Waals surface area contributed by atoms with Gasteiger partial charge in [0.1, 0.15) is 5.82 Å². The quantitative estimate of drug-likeness (QED) is 0.705. The molecular weight excluding hydrogens is 336 g/mol. The Morgan fingerprint density at radius 3 is 2.70 bits per heavy atom. The van der Waals surface area contributed by atoms with E-state index in [0.717, 1.165) is 49.2 Å². The van der Waals surface area contributed by atoms with E-state index in [9.17, 15) is 4.79 Å². The number of hydrogen-bond donors (Lipinski definition) is 1. The molecule has 1 atom stereocenters. The normalized spacial score (nSPS) is 17.4. The molecule has 0 spiro atoms. The molecule has 1 aliphatic heterocycles. The van der Waals surface area contributed by atoms with Crippen LogP contribution in [0.4, 0.5) is 4.79 Å². The fourth-order valence-electron chi connectivity index (χ4n) is 3.89. The number of aromatic nitrogens is 2. The topological polar surface area (TPSA) is 50.2 Å². The van der Waals surface area contributed by atoms with Crippen molar-refractivity contribution in [3.05, 3.63) is 66.0 Å². The Labute approximate surface area is 160 Å². The van der Waals surface area contributed by atoms with E-state index in [4.69, 9.17) is 4.98 Å². The number of carbonyl (C=O) groups excluding carboxylic acids is 1. The van der Waals surface area contributed by atoms with Gasteiger partial charge >= 0.3 is 6.03 Å². The molecule has 0 radical (unpaired) electrons. The Kier molecular flexibility index (Phi) is 5.21. The van der Waals surface area contributed by atoms with Crippen molar-refractivity contribution in [3.8, 4) is 0 Å². The molecule has 3 aromatic rings. The zero-order valence-corrected chi connectivity index (χ0v) is 15.8. The second-order valence-corrected chi connectivity index (χ2v) is 7.36. The van der Waals surface area contributed by atoms with E-state index in [1.54, 1.807) is 4.57 Å². The average Bonchev–Trinajstić information content (AvgIpc) is 3.29. The fourth-order valence-corrected chi connectivity index (χ4v) is 3.89. The smallest absolute Gasteiger partial charge is 0.327 e. The summed E-state index contributed by atoms with van der Waals surface area (Å²) in [6.07, 6.45) is 2.93. The number of carbonyl (C=O) groups is 1. The van der Waals surface area contributed by atoms with E-state index < -0.39 is 0 Å². The molecular formula is C22H26N4O. The lowest BCUT2D eigenvalue weighted by molar-refractivity contribution is 0.242. The Morgan fingerprint density at radius 2 is 1.93 bits per heavy atom. The summed E-state index contributed by atoms with van der Waals surface area (Å²) in [6.45, 7) is 2.65. The van der Waals surface area contributed by atoms with Crippen molar-refractivity contribution < 1.29 is 4.79 Å². The number of aryl methyl sites for hydroxylation is 1. The third kappa shape index (κ3) is 3.88. The highest BCUT2D eigenvalue weighted by atomic mass is 16.2. The molecule has 2 aromatic carbocycles. The van der Waals surface area contributed by atoms with Crippen LogP contribution < -0.4 is 5.32 Å². The van der Waals surface area contributed by atoms with Crippen molar-refractivity contribution in [2.45, 2.75) is 25.2 Å². The summed E-state index contributed by atoms with van der Waals surface area (Å²) < 4.78 is 1.79. The highest BCUT2D eigenvalue weighted by Crippen LogP contribution is 2.28. The van der Waals surface area contributed by atoms with Gasteiger partial charge in [-0.15, -0.1) is 0 Å². The molecule has 4 rings (SSSR count). The number of fused-ring (bicyclic) bond motifs is 1. The van der Waals surface area contributed by atoms with Gasteiger partial charge in [0, 0.05) is 19.0 Å². The lowest BCUT2D eigenvalue weighted by Crippen LogP contribution is -2.31. The first-order valence-corrected chi connectivity index (χ1v) is 9.70. The van der Waals surface area contributed by atoms with Crippen molar-refractivity contribution in [1.29, 1.82) is 0 Å². The van der Waals surface area contributed by atoms with E-state index in [0.29, 0.717) is 12.5 Å². The number of nitrogens with one attached hydrogen (secondary N) is 1. The van der Waals surface area contributed by atoms with Gasteiger partial charge in [0.2, 0.25) is 0 Å². The molecule has 140 valence electrons. The van der Waals surface area contributed by atoms with Crippen LogP contribution in [0.5, 0.6) is 0 Å². The van der Waals surface area contributed by atoms with E-state index in [1.165, 1.54) is 5.56 Å². The van der Waals surface area contributed by atoms with Crippen molar-refractivity contribution >= 4 is 17.1 Å². The number of rotatable bonds is 5. The fraction of sp³-hybridized carbons (Fsp3) is 0.364. The second-order valence-electron chi connectivity index (χ2n) is 7.36. The Morgan fingerprint density at radius 1 is 1.15 bits per heavy atom. The number of likely N-dealkylation sites (tertiary alicyclic amines) is 1. The van der Waals surface area contributed by atoms with Gasteiger partial charge in [-0.3, -0.25) is 0 Å².